The molecule has 2 saturated heterocycles. The van der Waals surface area contributed by atoms with E-state index in [4.69, 9.17) is 25.6 Å². The van der Waals surface area contributed by atoms with Gasteiger partial charge in [-0.15, -0.1) is 0 Å². The van der Waals surface area contributed by atoms with Crippen molar-refractivity contribution in [2.75, 3.05) is 19.6 Å². The number of piperazine rings is 1. The fraction of sp³-hybridized carbons (Fsp3) is 0.652. The molecule has 1 aromatic rings. The first-order valence-corrected chi connectivity index (χ1v) is 11.4. The summed E-state index contributed by atoms with van der Waals surface area (Å²) in [5.74, 6) is -0.161. The number of hydrogen-bond acceptors (Lipinski definition) is 5. The molecule has 0 N–H and O–H groups in total. The van der Waals surface area contributed by atoms with Crippen LogP contribution in [0.3, 0.4) is 0 Å². The fourth-order valence-corrected chi connectivity index (χ4v) is 4.00. The van der Waals surface area contributed by atoms with Crippen molar-refractivity contribution in [1.29, 1.82) is 0 Å². The maximum atomic E-state index is 13.2. The van der Waals surface area contributed by atoms with Crippen LogP contribution < -0.4 is 5.46 Å². The van der Waals surface area contributed by atoms with Crippen molar-refractivity contribution in [2.45, 2.75) is 78.2 Å². The molecule has 0 radical (unpaired) electrons. The SMILES string of the molecule is C[C@@H]1CN(C(=O)c2ccc(B3OC(C)(C)C(C)(C)O3)cc2Cl)CCN1C(=O)OC(C)(C)C. The summed E-state index contributed by atoms with van der Waals surface area (Å²) < 4.78 is 17.6. The summed E-state index contributed by atoms with van der Waals surface area (Å²) in [7, 11) is -0.543. The lowest BCUT2D eigenvalue weighted by Crippen LogP contribution is -2.56. The van der Waals surface area contributed by atoms with Crippen molar-refractivity contribution in [3.8, 4) is 0 Å². The molecule has 3 rings (SSSR count). The molecular formula is C23H34BClN2O5. The van der Waals surface area contributed by atoms with E-state index in [-0.39, 0.29) is 18.0 Å². The van der Waals surface area contributed by atoms with Gasteiger partial charge in [0.1, 0.15) is 5.60 Å². The van der Waals surface area contributed by atoms with Crippen LogP contribution in [-0.2, 0) is 14.0 Å². The summed E-state index contributed by atoms with van der Waals surface area (Å²) in [6, 6.07) is 5.11. The number of carbonyl (C=O) groups excluding carboxylic acids is 2. The molecule has 7 nitrogen and oxygen atoms in total. The first-order chi connectivity index (χ1) is 14.6. The molecule has 0 unspecified atom stereocenters. The Morgan fingerprint density at radius 1 is 1.12 bits per heavy atom. The van der Waals surface area contributed by atoms with E-state index < -0.39 is 23.9 Å². The molecule has 1 atom stereocenters. The highest BCUT2D eigenvalue weighted by molar-refractivity contribution is 6.62. The largest absolute Gasteiger partial charge is 0.494 e. The van der Waals surface area contributed by atoms with Gasteiger partial charge in [0.25, 0.3) is 5.91 Å². The third kappa shape index (κ3) is 5.08. The van der Waals surface area contributed by atoms with Gasteiger partial charge in [0, 0.05) is 25.7 Å². The first kappa shape index (κ1) is 24.9. The monoisotopic (exact) mass is 464 g/mol. The first-order valence-electron chi connectivity index (χ1n) is 11.1. The molecule has 2 fully saturated rings. The van der Waals surface area contributed by atoms with Crippen molar-refractivity contribution >= 4 is 36.2 Å². The van der Waals surface area contributed by atoms with Crippen LogP contribution in [0, 0.1) is 0 Å². The highest BCUT2D eigenvalue weighted by Crippen LogP contribution is 2.36. The van der Waals surface area contributed by atoms with Crippen molar-refractivity contribution in [3.63, 3.8) is 0 Å². The van der Waals surface area contributed by atoms with Crippen molar-refractivity contribution < 1.29 is 23.6 Å². The van der Waals surface area contributed by atoms with Gasteiger partial charge >= 0.3 is 13.2 Å². The zero-order chi connectivity index (χ0) is 24.1. The molecular weight excluding hydrogens is 431 g/mol. The van der Waals surface area contributed by atoms with Gasteiger partial charge in [0.05, 0.1) is 21.8 Å². The summed E-state index contributed by atoms with van der Waals surface area (Å²) in [5, 5.41) is 0.351. The predicted octanol–water partition coefficient (Wildman–Crippen LogP) is 3.72. The zero-order valence-corrected chi connectivity index (χ0v) is 21.1. The number of rotatable bonds is 2. The minimum absolute atomic E-state index is 0.161. The number of ether oxygens (including phenoxy) is 1. The van der Waals surface area contributed by atoms with Gasteiger partial charge in [-0.25, -0.2) is 4.79 Å². The second-order valence-corrected chi connectivity index (χ2v) is 11.0. The maximum Gasteiger partial charge on any atom is 0.494 e. The smallest absolute Gasteiger partial charge is 0.444 e. The molecule has 1 aromatic carbocycles. The molecule has 2 heterocycles. The number of amides is 2. The Hall–Kier alpha value is -1.77. The number of benzene rings is 1. The zero-order valence-electron chi connectivity index (χ0n) is 20.3. The van der Waals surface area contributed by atoms with E-state index in [0.29, 0.717) is 30.2 Å². The van der Waals surface area contributed by atoms with Gasteiger partial charge in [-0.2, -0.15) is 0 Å². The van der Waals surface area contributed by atoms with Crippen LogP contribution in [0.4, 0.5) is 4.79 Å². The molecule has 9 heteroatoms. The molecule has 2 amide bonds. The number of halogens is 1. The molecule has 0 bridgehead atoms. The van der Waals surface area contributed by atoms with Crippen LogP contribution in [0.15, 0.2) is 18.2 Å². The van der Waals surface area contributed by atoms with E-state index in [9.17, 15) is 9.59 Å². The molecule has 0 aliphatic carbocycles. The van der Waals surface area contributed by atoms with Gasteiger partial charge in [-0.05, 0) is 73.0 Å². The Morgan fingerprint density at radius 2 is 1.72 bits per heavy atom. The summed E-state index contributed by atoms with van der Waals surface area (Å²) >= 11 is 6.51. The third-order valence-electron chi connectivity index (χ3n) is 6.29. The van der Waals surface area contributed by atoms with Gasteiger partial charge < -0.3 is 23.8 Å². The van der Waals surface area contributed by atoms with E-state index in [1.807, 2.05) is 61.5 Å². The lowest BCUT2D eigenvalue weighted by atomic mass is 9.79. The summed E-state index contributed by atoms with van der Waals surface area (Å²) in [6.07, 6.45) is -0.359. The number of nitrogens with zero attached hydrogens (tertiary/aromatic N) is 2. The predicted molar refractivity (Wildman–Crippen MR) is 125 cm³/mol. The van der Waals surface area contributed by atoms with Crippen LogP contribution in [0.2, 0.25) is 5.02 Å². The average Bonchev–Trinajstić information content (AvgIpc) is 2.87. The van der Waals surface area contributed by atoms with E-state index in [0.717, 1.165) is 5.46 Å². The summed E-state index contributed by atoms with van der Waals surface area (Å²) in [5.41, 5.74) is -0.278. The van der Waals surface area contributed by atoms with Crippen LogP contribution in [0.25, 0.3) is 0 Å². The van der Waals surface area contributed by atoms with Gasteiger partial charge in [0.15, 0.2) is 0 Å². The van der Waals surface area contributed by atoms with Crippen LogP contribution >= 0.6 is 11.6 Å². The quantitative estimate of drug-likeness (QED) is 0.624. The van der Waals surface area contributed by atoms with E-state index >= 15 is 0 Å². The van der Waals surface area contributed by atoms with E-state index in [1.54, 1.807) is 21.9 Å². The molecule has 2 aliphatic rings. The number of carbonyl (C=O) groups is 2. The minimum atomic E-state index is -0.559. The Morgan fingerprint density at radius 3 is 2.22 bits per heavy atom. The van der Waals surface area contributed by atoms with Crippen LogP contribution in [0.5, 0.6) is 0 Å². The minimum Gasteiger partial charge on any atom is -0.444 e. The second kappa shape index (κ2) is 8.54. The Kier molecular flexibility index (Phi) is 6.64. The lowest BCUT2D eigenvalue weighted by Gasteiger charge is -2.40. The average molecular weight is 465 g/mol. The standard InChI is InChI=1S/C23H34BClN2O5/c1-15-14-26(11-12-27(15)20(29)30-21(2,3)4)19(28)17-10-9-16(13-18(17)25)24-31-22(5,6)23(7,8)32-24/h9-10,13,15H,11-12,14H2,1-8H3/t15-/m1/s1. The normalized spacial score (nSPS) is 22.8. The molecule has 0 saturated carbocycles. The van der Waals surface area contributed by atoms with Gasteiger partial charge in [-0.1, -0.05) is 17.7 Å². The summed E-state index contributed by atoms with van der Waals surface area (Å²) in [4.78, 5) is 29.0. The topological polar surface area (TPSA) is 68.3 Å². The highest BCUT2D eigenvalue weighted by atomic mass is 35.5. The van der Waals surface area contributed by atoms with Gasteiger partial charge in [0.2, 0.25) is 0 Å². The van der Waals surface area contributed by atoms with E-state index in [1.165, 1.54) is 0 Å². The highest BCUT2D eigenvalue weighted by Gasteiger charge is 2.51. The van der Waals surface area contributed by atoms with Crippen LogP contribution in [-0.4, -0.2) is 71.4 Å². The third-order valence-corrected chi connectivity index (χ3v) is 6.60. The molecule has 2 aliphatic heterocycles. The molecule has 32 heavy (non-hydrogen) atoms. The fourth-order valence-electron chi connectivity index (χ4n) is 3.73. The van der Waals surface area contributed by atoms with Crippen molar-refractivity contribution in [1.82, 2.24) is 9.80 Å². The summed E-state index contributed by atoms with van der Waals surface area (Å²) in [6.45, 7) is 16.6. The van der Waals surface area contributed by atoms with Crippen molar-refractivity contribution in [3.05, 3.63) is 28.8 Å². The molecule has 0 spiro atoms. The lowest BCUT2D eigenvalue weighted by molar-refractivity contribution is 0.00198. The van der Waals surface area contributed by atoms with Crippen LogP contribution in [0.1, 0.15) is 65.7 Å². The van der Waals surface area contributed by atoms with Gasteiger partial charge in [-0.3, -0.25) is 4.79 Å². The molecule has 0 aromatic heterocycles. The second-order valence-electron chi connectivity index (χ2n) is 10.6. The Labute approximate surface area is 196 Å². The Bertz CT molecular complexity index is 883. The van der Waals surface area contributed by atoms with Crippen molar-refractivity contribution in [2.24, 2.45) is 0 Å². The van der Waals surface area contributed by atoms with E-state index in [2.05, 4.69) is 0 Å². The number of hydrogen-bond donors (Lipinski definition) is 0. The maximum absolute atomic E-state index is 13.2. The Balaban J connectivity index is 1.68. The molecule has 176 valence electrons.